The fourth-order valence-corrected chi connectivity index (χ4v) is 6.96. The number of hydrogen-bond acceptors (Lipinski definition) is 3. The van der Waals surface area contributed by atoms with Gasteiger partial charge in [0.25, 0.3) is 5.91 Å². The van der Waals surface area contributed by atoms with Crippen molar-refractivity contribution in [2.75, 3.05) is 43.4 Å². The SMILES string of the molecule is CCCC[N+]1(CCCCN2CCCCC2C(=O)Nc2ccccc2)CCCCC1C(=O)Nc1c(C)cccc1C. The molecule has 218 valence electrons. The standard InChI is InChI=1S/C34H50N4O2/c1-4-5-24-38(25-13-10-21-31(38)34(40)36-32-27(2)16-15-17-28(32)3)26-14-12-23-37-22-11-9-20-30(37)33(39)35-29-18-7-6-8-19-29/h6-8,15-19,30-31H,4-5,9-14,20-26H2,1-3H3,(H-,35,36,39,40)/p+1. The Labute approximate surface area is 242 Å². The minimum atomic E-state index is -0.0527. The number of unbranched alkanes of at least 4 members (excludes halogenated alkanes) is 2. The van der Waals surface area contributed by atoms with Crippen LogP contribution in [0.15, 0.2) is 48.5 Å². The highest BCUT2D eigenvalue weighted by Crippen LogP contribution is 2.30. The van der Waals surface area contributed by atoms with E-state index >= 15 is 0 Å². The Balaban J connectivity index is 1.38. The van der Waals surface area contributed by atoms with Crippen LogP contribution in [-0.2, 0) is 9.59 Å². The zero-order valence-electron chi connectivity index (χ0n) is 25.1. The van der Waals surface area contributed by atoms with Gasteiger partial charge in [0.1, 0.15) is 0 Å². The number of nitrogens with one attached hydrogen (secondary N) is 2. The first-order valence-electron chi connectivity index (χ1n) is 15.8. The summed E-state index contributed by atoms with van der Waals surface area (Å²) in [6.45, 7) is 11.6. The second kappa shape index (κ2) is 14.8. The van der Waals surface area contributed by atoms with Crippen LogP contribution in [-0.4, -0.2) is 66.0 Å². The Morgan fingerprint density at radius 2 is 1.55 bits per heavy atom. The molecule has 6 nitrogen and oxygen atoms in total. The number of quaternary nitrogens is 1. The number of hydrogen-bond donors (Lipinski definition) is 2. The first kappa shape index (κ1) is 30.3. The molecule has 2 saturated heterocycles. The van der Waals surface area contributed by atoms with E-state index in [4.69, 9.17) is 0 Å². The minimum Gasteiger partial charge on any atom is -0.325 e. The number of amides is 2. The molecule has 2 fully saturated rings. The van der Waals surface area contributed by atoms with Gasteiger partial charge < -0.3 is 15.1 Å². The summed E-state index contributed by atoms with van der Waals surface area (Å²) in [7, 11) is 0. The van der Waals surface area contributed by atoms with Gasteiger partial charge in [-0.2, -0.15) is 0 Å². The van der Waals surface area contributed by atoms with E-state index in [0.717, 1.165) is 117 Å². The third-order valence-corrected chi connectivity index (χ3v) is 9.24. The highest BCUT2D eigenvalue weighted by Gasteiger charge is 2.43. The van der Waals surface area contributed by atoms with Crippen LogP contribution in [0.3, 0.4) is 0 Å². The molecule has 4 rings (SSSR count). The second-order valence-corrected chi connectivity index (χ2v) is 12.1. The Morgan fingerprint density at radius 3 is 2.30 bits per heavy atom. The van der Waals surface area contributed by atoms with Gasteiger partial charge >= 0.3 is 0 Å². The van der Waals surface area contributed by atoms with E-state index in [0.29, 0.717) is 0 Å². The van der Waals surface area contributed by atoms with Crippen molar-refractivity contribution < 1.29 is 14.1 Å². The molecule has 2 aliphatic heterocycles. The monoisotopic (exact) mass is 547 g/mol. The number of carbonyl (C=O) groups excluding carboxylic acids is 2. The van der Waals surface area contributed by atoms with Crippen molar-refractivity contribution in [1.82, 2.24) is 4.90 Å². The van der Waals surface area contributed by atoms with Crippen molar-refractivity contribution in [3.63, 3.8) is 0 Å². The fourth-order valence-electron chi connectivity index (χ4n) is 6.96. The number of aryl methyl sites for hydroxylation is 2. The fraction of sp³-hybridized carbons (Fsp3) is 0.588. The smallest absolute Gasteiger partial charge is 0.282 e. The average Bonchev–Trinajstić information content (AvgIpc) is 2.97. The van der Waals surface area contributed by atoms with Crippen LogP contribution < -0.4 is 10.6 Å². The summed E-state index contributed by atoms with van der Waals surface area (Å²) in [4.78, 5) is 29.4. The van der Waals surface area contributed by atoms with Crippen LogP contribution in [0.2, 0.25) is 0 Å². The van der Waals surface area contributed by atoms with Crippen LogP contribution in [0.5, 0.6) is 0 Å². The molecule has 0 saturated carbocycles. The van der Waals surface area contributed by atoms with Crippen molar-refractivity contribution >= 4 is 23.2 Å². The summed E-state index contributed by atoms with van der Waals surface area (Å²) in [5, 5.41) is 6.48. The number of nitrogens with zero attached hydrogens (tertiary/aromatic N) is 2. The lowest BCUT2D eigenvalue weighted by Gasteiger charge is -2.47. The van der Waals surface area contributed by atoms with Gasteiger partial charge in [0.2, 0.25) is 5.91 Å². The molecule has 0 bridgehead atoms. The molecule has 0 aromatic heterocycles. The lowest BCUT2D eigenvalue weighted by Crippen LogP contribution is -2.63. The molecular formula is C34H51N4O2+. The summed E-state index contributed by atoms with van der Waals surface area (Å²) in [5.41, 5.74) is 4.11. The van der Waals surface area contributed by atoms with Gasteiger partial charge in [0, 0.05) is 17.8 Å². The summed E-state index contributed by atoms with van der Waals surface area (Å²) in [5.74, 6) is 0.318. The van der Waals surface area contributed by atoms with Crippen LogP contribution in [0.1, 0.15) is 82.3 Å². The topological polar surface area (TPSA) is 61.4 Å². The summed E-state index contributed by atoms with van der Waals surface area (Å²) < 4.78 is 0.919. The first-order valence-corrected chi connectivity index (χ1v) is 15.8. The second-order valence-electron chi connectivity index (χ2n) is 12.1. The number of para-hydroxylation sites is 2. The molecule has 3 unspecified atom stereocenters. The summed E-state index contributed by atoms with van der Waals surface area (Å²) in [6, 6.07) is 16.0. The van der Waals surface area contributed by atoms with E-state index in [1.165, 1.54) is 6.42 Å². The largest absolute Gasteiger partial charge is 0.325 e. The number of benzene rings is 2. The normalized spacial score (nSPS) is 23.5. The predicted molar refractivity (Wildman–Crippen MR) is 165 cm³/mol. The van der Waals surface area contributed by atoms with Gasteiger partial charge in [-0.3, -0.25) is 14.5 Å². The molecule has 2 aromatic rings. The zero-order chi connectivity index (χ0) is 28.4. The van der Waals surface area contributed by atoms with Gasteiger partial charge in [-0.15, -0.1) is 0 Å². The van der Waals surface area contributed by atoms with Crippen molar-refractivity contribution in [3.05, 3.63) is 59.7 Å². The van der Waals surface area contributed by atoms with Gasteiger partial charge in [0.05, 0.1) is 25.7 Å². The maximum absolute atomic E-state index is 13.8. The van der Waals surface area contributed by atoms with Crippen molar-refractivity contribution in [1.29, 1.82) is 0 Å². The van der Waals surface area contributed by atoms with E-state index in [9.17, 15) is 9.59 Å². The van der Waals surface area contributed by atoms with Crippen molar-refractivity contribution in [2.24, 2.45) is 0 Å². The number of anilines is 2. The molecule has 2 N–H and O–H groups in total. The Hall–Kier alpha value is -2.70. The molecule has 2 aromatic carbocycles. The average molecular weight is 548 g/mol. The molecule has 40 heavy (non-hydrogen) atoms. The van der Waals surface area contributed by atoms with Crippen LogP contribution >= 0.6 is 0 Å². The van der Waals surface area contributed by atoms with Crippen LogP contribution in [0.25, 0.3) is 0 Å². The van der Waals surface area contributed by atoms with Gasteiger partial charge in [-0.05, 0) is 95.1 Å². The number of rotatable bonds is 12. The molecule has 2 amide bonds. The Kier molecular flexibility index (Phi) is 11.2. The van der Waals surface area contributed by atoms with Gasteiger partial charge in [-0.25, -0.2) is 0 Å². The number of piperidine rings is 2. The van der Waals surface area contributed by atoms with Gasteiger partial charge in [0.15, 0.2) is 6.04 Å². The lowest BCUT2D eigenvalue weighted by molar-refractivity contribution is -0.947. The highest BCUT2D eigenvalue weighted by molar-refractivity contribution is 5.95. The zero-order valence-corrected chi connectivity index (χ0v) is 25.1. The predicted octanol–water partition coefficient (Wildman–Crippen LogP) is 6.68. The quantitative estimate of drug-likeness (QED) is 0.230. The lowest BCUT2D eigenvalue weighted by atomic mass is 9.95. The van der Waals surface area contributed by atoms with E-state index in [-0.39, 0.29) is 23.9 Å². The van der Waals surface area contributed by atoms with E-state index < -0.39 is 0 Å². The van der Waals surface area contributed by atoms with E-state index in [1.54, 1.807) is 0 Å². The maximum Gasteiger partial charge on any atom is 0.282 e. The number of carbonyl (C=O) groups is 2. The molecular weight excluding hydrogens is 496 g/mol. The molecule has 0 spiro atoms. The number of likely N-dealkylation sites (tertiary alicyclic amines) is 2. The molecule has 2 heterocycles. The summed E-state index contributed by atoms with van der Waals surface area (Å²) >= 11 is 0. The van der Waals surface area contributed by atoms with Crippen molar-refractivity contribution in [3.8, 4) is 0 Å². The molecule has 6 heteroatoms. The third kappa shape index (κ3) is 7.73. The molecule has 2 aliphatic rings. The van der Waals surface area contributed by atoms with Gasteiger partial charge in [-0.1, -0.05) is 56.2 Å². The van der Waals surface area contributed by atoms with E-state index in [2.05, 4.69) is 54.5 Å². The van der Waals surface area contributed by atoms with Crippen LogP contribution in [0.4, 0.5) is 11.4 Å². The Morgan fingerprint density at radius 1 is 0.825 bits per heavy atom. The first-order chi connectivity index (χ1) is 19.4. The minimum absolute atomic E-state index is 0.0127. The molecule has 0 aliphatic carbocycles. The van der Waals surface area contributed by atoms with E-state index in [1.807, 2.05) is 30.3 Å². The Bertz CT molecular complexity index is 1080. The molecule has 3 atom stereocenters. The highest BCUT2D eigenvalue weighted by atomic mass is 16.2. The molecule has 0 radical (unpaired) electrons. The maximum atomic E-state index is 13.8. The van der Waals surface area contributed by atoms with Crippen LogP contribution in [0, 0.1) is 13.8 Å². The summed E-state index contributed by atoms with van der Waals surface area (Å²) in [6.07, 6.45) is 10.9. The third-order valence-electron chi connectivity index (χ3n) is 9.24. The van der Waals surface area contributed by atoms with Crippen molar-refractivity contribution in [2.45, 2.75) is 97.1 Å².